The van der Waals surface area contributed by atoms with E-state index in [0.29, 0.717) is 0 Å². The molecule has 0 saturated carbocycles. The molecule has 1 atom stereocenters. The van der Waals surface area contributed by atoms with Crippen molar-refractivity contribution in [3.8, 4) is 0 Å². The minimum atomic E-state index is -0.714. The van der Waals surface area contributed by atoms with Crippen molar-refractivity contribution in [2.45, 2.75) is 45.6 Å². The molecule has 3 nitrogen and oxygen atoms in total. The van der Waals surface area contributed by atoms with Crippen LogP contribution in [0.3, 0.4) is 0 Å². The van der Waals surface area contributed by atoms with Gasteiger partial charge in [0.15, 0.2) is 0 Å². The van der Waals surface area contributed by atoms with E-state index in [2.05, 4.69) is 13.5 Å². The average Bonchev–Trinajstić information content (AvgIpc) is 2.27. The maximum Gasteiger partial charge on any atom is 0.309 e. The number of ether oxygens (including phenoxy) is 1. The van der Waals surface area contributed by atoms with E-state index >= 15 is 0 Å². The van der Waals surface area contributed by atoms with Crippen LogP contribution < -0.4 is 0 Å². The molecule has 0 aliphatic rings. The summed E-state index contributed by atoms with van der Waals surface area (Å²) in [5.41, 5.74) is 0.914. The molecule has 0 radical (unpaired) electrons. The number of carbonyl (C=O) groups excluding carboxylic acids is 1. The summed E-state index contributed by atoms with van der Waals surface area (Å²) in [5.74, 6) is -0.386. The highest BCUT2D eigenvalue weighted by Crippen LogP contribution is 2.13. The lowest BCUT2D eigenvalue weighted by Gasteiger charge is -2.12. The molecule has 0 amide bonds. The molecule has 1 N–H and O–H groups in total. The van der Waals surface area contributed by atoms with Gasteiger partial charge in [0.05, 0.1) is 12.5 Å². The molecule has 0 aliphatic carbocycles. The summed E-state index contributed by atoms with van der Waals surface area (Å²) in [7, 11) is 0. The lowest BCUT2D eigenvalue weighted by atomic mass is 10.0. The molecule has 16 heavy (non-hydrogen) atoms. The number of aliphatic hydroxyl groups excluding tert-OH is 1. The molecule has 0 aromatic heterocycles. The zero-order valence-corrected chi connectivity index (χ0v) is 10.2. The highest BCUT2D eigenvalue weighted by Gasteiger charge is 2.14. The maximum atomic E-state index is 11.2. The van der Waals surface area contributed by atoms with Crippen LogP contribution in [0.5, 0.6) is 0 Å². The second kappa shape index (κ2) is 9.16. The summed E-state index contributed by atoms with van der Waals surface area (Å²) >= 11 is 0. The van der Waals surface area contributed by atoms with E-state index in [1.54, 1.807) is 0 Å². The number of hydrogen-bond acceptors (Lipinski definition) is 3. The monoisotopic (exact) mass is 226 g/mol. The van der Waals surface area contributed by atoms with Crippen molar-refractivity contribution in [1.82, 2.24) is 0 Å². The van der Waals surface area contributed by atoms with Crippen molar-refractivity contribution in [1.29, 1.82) is 0 Å². The first-order valence-corrected chi connectivity index (χ1v) is 5.79. The van der Waals surface area contributed by atoms with Gasteiger partial charge in [-0.2, -0.15) is 0 Å². The molecule has 0 saturated heterocycles. The van der Waals surface area contributed by atoms with Crippen LogP contribution in [0, 0.1) is 0 Å². The second-order valence-electron chi connectivity index (χ2n) is 3.61. The van der Waals surface area contributed by atoms with E-state index in [1.807, 2.05) is 13.0 Å². The molecular formula is C13H22O3. The zero-order chi connectivity index (χ0) is 12.4. The molecule has 0 bridgehead atoms. The van der Waals surface area contributed by atoms with E-state index < -0.39 is 6.10 Å². The summed E-state index contributed by atoms with van der Waals surface area (Å²) < 4.78 is 4.82. The van der Waals surface area contributed by atoms with Crippen LogP contribution in [-0.2, 0) is 9.53 Å². The Hall–Kier alpha value is -1.09. The molecule has 0 rings (SSSR count). The van der Waals surface area contributed by atoms with Crippen molar-refractivity contribution >= 4 is 5.97 Å². The SMILES string of the molecule is C=CCOC(=O)C[C@@H](O)/C(=C\CCC)CC. The molecule has 0 fully saturated rings. The summed E-state index contributed by atoms with van der Waals surface area (Å²) in [6.07, 6.45) is 5.56. The van der Waals surface area contributed by atoms with Gasteiger partial charge in [0.2, 0.25) is 0 Å². The molecule has 0 unspecified atom stereocenters. The summed E-state index contributed by atoms with van der Waals surface area (Å²) in [6, 6.07) is 0. The molecule has 0 aromatic carbocycles. The number of hydrogen-bond donors (Lipinski definition) is 1. The lowest BCUT2D eigenvalue weighted by molar-refractivity contribution is -0.144. The predicted octanol–water partition coefficient (Wildman–Crippen LogP) is 2.60. The first-order chi connectivity index (χ1) is 7.65. The van der Waals surface area contributed by atoms with Gasteiger partial charge in [-0.15, -0.1) is 0 Å². The minimum absolute atomic E-state index is 0.0250. The number of unbranched alkanes of at least 4 members (excludes halogenated alkanes) is 1. The number of rotatable bonds is 8. The lowest BCUT2D eigenvalue weighted by Crippen LogP contribution is -2.18. The van der Waals surface area contributed by atoms with Gasteiger partial charge in [0, 0.05) is 0 Å². The third-order valence-corrected chi connectivity index (χ3v) is 2.25. The topological polar surface area (TPSA) is 46.5 Å². The van der Waals surface area contributed by atoms with E-state index in [-0.39, 0.29) is 19.0 Å². The number of carbonyl (C=O) groups is 1. The van der Waals surface area contributed by atoms with E-state index in [4.69, 9.17) is 4.74 Å². The number of esters is 1. The van der Waals surface area contributed by atoms with Crippen LogP contribution in [0.2, 0.25) is 0 Å². The Morgan fingerprint density at radius 3 is 2.69 bits per heavy atom. The van der Waals surface area contributed by atoms with Crippen LogP contribution in [0.1, 0.15) is 39.5 Å². The third-order valence-electron chi connectivity index (χ3n) is 2.25. The van der Waals surface area contributed by atoms with Crippen LogP contribution in [0.25, 0.3) is 0 Å². The molecule has 92 valence electrons. The van der Waals surface area contributed by atoms with Crippen LogP contribution >= 0.6 is 0 Å². The number of allylic oxidation sites excluding steroid dienone is 1. The summed E-state index contributed by atoms with van der Waals surface area (Å²) in [4.78, 5) is 11.2. The Morgan fingerprint density at radius 1 is 1.50 bits per heavy atom. The van der Waals surface area contributed by atoms with Crippen LogP contribution in [0.4, 0.5) is 0 Å². The van der Waals surface area contributed by atoms with E-state index in [0.717, 1.165) is 24.8 Å². The zero-order valence-electron chi connectivity index (χ0n) is 10.2. The Balaban J connectivity index is 4.14. The normalized spacial score (nSPS) is 13.3. The fourth-order valence-corrected chi connectivity index (χ4v) is 1.35. The van der Waals surface area contributed by atoms with Gasteiger partial charge in [-0.1, -0.05) is 39.0 Å². The quantitative estimate of drug-likeness (QED) is 0.511. The maximum absolute atomic E-state index is 11.2. The average molecular weight is 226 g/mol. The number of aliphatic hydroxyl groups is 1. The van der Waals surface area contributed by atoms with Gasteiger partial charge in [0.1, 0.15) is 6.61 Å². The largest absolute Gasteiger partial charge is 0.461 e. The van der Waals surface area contributed by atoms with Crippen molar-refractivity contribution < 1.29 is 14.6 Å². The predicted molar refractivity (Wildman–Crippen MR) is 65.1 cm³/mol. The molecular weight excluding hydrogens is 204 g/mol. The van der Waals surface area contributed by atoms with Crippen molar-refractivity contribution in [2.75, 3.05) is 6.61 Å². The van der Waals surface area contributed by atoms with E-state index in [1.165, 1.54) is 6.08 Å². The fraction of sp³-hybridized carbons (Fsp3) is 0.615. The van der Waals surface area contributed by atoms with Gasteiger partial charge < -0.3 is 9.84 Å². The Morgan fingerprint density at radius 2 is 2.19 bits per heavy atom. The first-order valence-electron chi connectivity index (χ1n) is 5.79. The van der Waals surface area contributed by atoms with Crippen LogP contribution in [-0.4, -0.2) is 23.8 Å². The van der Waals surface area contributed by atoms with Crippen LogP contribution in [0.15, 0.2) is 24.3 Å². The summed E-state index contributed by atoms with van der Waals surface area (Å²) in [5, 5.41) is 9.81. The first kappa shape index (κ1) is 14.9. The van der Waals surface area contributed by atoms with Crippen molar-refractivity contribution in [2.24, 2.45) is 0 Å². The van der Waals surface area contributed by atoms with E-state index in [9.17, 15) is 9.90 Å². The minimum Gasteiger partial charge on any atom is -0.461 e. The van der Waals surface area contributed by atoms with Crippen molar-refractivity contribution in [3.05, 3.63) is 24.3 Å². The Kier molecular flexibility index (Phi) is 8.53. The summed E-state index contributed by atoms with van der Waals surface area (Å²) in [6.45, 7) is 7.70. The second-order valence-corrected chi connectivity index (χ2v) is 3.61. The Labute approximate surface area is 97.8 Å². The van der Waals surface area contributed by atoms with Gasteiger partial charge in [0.25, 0.3) is 0 Å². The molecule has 0 aliphatic heterocycles. The third kappa shape index (κ3) is 6.40. The van der Waals surface area contributed by atoms with Gasteiger partial charge in [-0.05, 0) is 18.4 Å². The molecule has 0 aromatic rings. The van der Waals surface area contributed by atoms with Gasteiger partial charge >= 0.3 is 5.97 Å². The van der Waals surface area contributed by atoms with Gasteiger partial charge in [-0.25, -0.2) is 0 Å². The standard InChI is InChI=1S/C13H22O3/c1-4-7-8-11(6-3)12(14)10-13(15)16-9-5-2/h5,8,12,14H,2,4,6-7,9-10H2,1,3H3/b11-8-/t12-/m1/s1. The van der Waals surface area contributed by atoms with Gasteiger partial charge in [-0.3, -0.25) is 4.79 Å². The highest BCUT2D eigenvalue weighted by molar-refractivity contribution is 5.70. The highest BCUT2D eigenvalue weighted by atomic mass is 16.5. The molecule has 0 spiro atoms. The molecule has 0 heterocycles. The smallest absolute Gasteiger partial charge is 0.309 e. The fourth-order valence-electron chi connectivity index (χ4n) is 1.35. The van der Waals surface area contributed by atoms with Crippen molar-refractivity contribution in [3.63, 3.8) is 0 Å². The molecule has 3 heteroatoms. The Bertz CT molecular complexity index is 244.